The zero-order chi connectivity index (χ0) is 13.0. The standard InChI is InChI=1S/C12H15N3O2S/c1-3-12-14-11(15-17-12)7-18-10-6-8(16-2)4-5-9(10)13/h4-6H,3,7,13H2,1-2H3. The molecule has 2 aromatic rings. The first-order valence-electron chi connectivity index (χ1n) is 5.60. The Morgan fingerprint density at radius 2 is 2.28 bits per heavy atom. The van der Waals surface area contributed by atoms with Crippen LogP contribution in [0.5, 0.6) is 5.75 Å². The van der Waals surface area contributed by atoms with Crippen molar-refractivity contribution in [3.8, 4) is 5.75 Å². The molecule has 1 aromatic heterocycles. The van der Waals surface area contributed by atoms with Crippen LogP contribution in [0.2, 0.25) is 0 Å². The second-order valence-electron chi connectivity index (χ2n) is 3.65. The zero-order valence-corrected chi connectivity index (χ0v) is 11.2. The van der Waals surface area contributed by atoms with Gasteiger partial charge in [-0.05, 0) is 18.2 Å². The van der Waals surface area contributed by atoms with Gasteiger partial charge in [0.1, 0.15) is 5.75 Å². The first kappa shape index (κ1) is 12.8. The van der Waals surface area contributed by atoms with Gasteiger partial charge in [0.2, 0.25) is 5.89 Å². The Balaban J connectivity index is 2.05. The Morgan fingerprint density at radius 3 is 2.94 bits per heavy atom. The molecule has 96 valence electrons. The molecule has 0 unspecified atom stereocenters. The molecule has 0 spiro atoms. The number of ether oxygens (including phenoxy) is 1. The van der Waals surface area contributed by atoms with E-state index in [4.69, 9.17) is 15.0 Å². The third-order valence-corrected chi connectivity index (χ3v) is 3.46. The minimum Gasteiger partial charge on any atom is -0.497 e. The third kappa shape index (κ3) is 2.95. The average Bonchev–Trinajstić information content (AvgIpc) is 2.86. The van der Waals surface area contributed by atoms with Crippen molar-refractivity contribution < 1.29 is 9.26 Å². The number of hydrogen-bond donors (Lipinski definition) is 1. The molecule has 0 aliphatic carbocycles. The molecular formula is C12H15N3O2S. The normalized spacial score (nSPS) is 10.6. The van der Waals surface area contributed by atoms with Gasteiger partial charge in [-0.15, -0.1) is 11.8 Å². The number of nitrogens with zero attached hydrogens (tertiary/aromatic N) is 2. The van der Waals surface area contributed by atoms with Crippen molar-refractivity contribution in [3.05, 3.63) is 29.9 Å². The summed E-state index contributed by atoms with van der Waals surface area (Å²) in [6, 6.07) is 5.57. The molecule has 0 bridgehead atoms. The molecule has 0 aliphatic rings. The lowest BCUT2D eigenvalue weighted by atomic mass is 10.3. The van der Waals surface area contributed by atoms with Crippen molar-refractivity contribution in [1.29, 1.82) is 0 Å². The van der Waals surface area contributed by atoms with E-state index in [1.807, 2.05) is 25.1 Å². The molecule has 0 saturated carbocycles. The predicted octanol–water partition coefficient (Wildman–Crippen LogP) is 2.52. The van der Waals surface area contributed by atoms with Gasteiger partial charge in [-0.25, -0.2) is 0 Å². The van der Waals surface area contributed by atoms with Crippen molar-refractivity contribution in [3.63, 3.8) is 0 Å². The van der Waals surface area contributed by atoms with E-state index < -0.39 is 0 Å². The monoisotopic (exact) mass is 265 g/mol. The SMILES string of the molecule is CCc1nc(CSc2cc(OC)ccc2N)no1. The molecule has 18 heavy (non-hydrogen) atoms. The molecule has 0 saturated heterocycles. The highest BCUT2D eigenvalue weighted by Gasteiger charge is 2.07. The Hall–Kier alpha value is -1.69. The second-order valence-corrected chi connectivity index (χ2v) is 4.67. The fourth-order valence-corrected chi connectivity index (χ4v) is 2.24. The largest absolute Gasteiger partial charge is 0.497 e. The number of methoxy groups -OCH3 is 1. The van der Waals surface area contributed by atoms with Crippen LogP contribution < -0.4 is 10.5 Å². The van der Waals surface area contributed by atoms with Crippen molar-refractivity contribution in [2.75, 3.05) is 12.8 Å². The summed E-state index contributed by atoms with van der Waals surface area (Å²) in [6.07, 6.45) is 0.749. The number of nitrogens with two attached hydrogens (primary N) is 1. The summed E-state index contributed by atoms with van der Waals surface area (Å²) >= 11 is 1.56. The number of rotatable bonds is 5. The second kappa shape index (κ2) is 5.77. The predicted molar refractivity (Wildman–Crippen MR) is 70.6 cm³/mol. The molecule has 1 aromatic carbocycles. The lowest BCUT2D eigenvalue weighted by Gasteiger charge is -2.06. The van der Waals surface area contributed by atoms with Gasteiger partial charge in [0.15, 0.2) is 5.82 Å². The summed E-state index contributed by atoms with van der Waals surface area (Å²) in [5.74, 6) is 2.75. The molecular weight excluding hydrogens is 250 g/mol. The average molecular weight is 265 g/mol. The highest BCUT2D eigenvalue weighted by molar-refractivity contribution is 7.98. The van der Waals surface area contributed by atoms with E-state index in [-0.39, 0.29) is 0 Å². The summed E-state index contributed by atoms with van der Waals surface area (Å²) in [6.45, 7) is 1.98. The van der Waals surface area contributed by atoms with Crippen molar-refractivity contribution in [1.82, 2.24) is 10.1 Å². The van der Waals surface area contributed by atoms with E-state index in [9.17, 15) is 0 Å². The highest BCUT2D eigenvalue weighted by atomic mass is 32.2. The lowest BCUT2D eigenvalue weighted by Crippen LogP contribution is -1.92. The third-order valence-electron chi connectivity index (χ3n) is 2.39. The van der Waals surface area contributed by atoms with Gasteiger partial charge < -0.3 is 15.0 Å². The van der Waals surface area contributed by atoms with Crippen LogP contribution >= 0.6 is 11.8 Å². The van der Waals surface area contributed by atoms with Crippen molar-refractivity contribution in [2.45, 2.75) is 24.0 Å². The number of nitrogen functional groups attached to an aromatic ring is 1. The van der Waals surface area contributed by atoms with Gasteiger partial charge in [0.05, 0.1) is 12.9 Å². The van der Waals surface area contributed by atoms with E-state index in [2.05, 4.69) is 10.1 Å². The van der Waals surface area contributed by atoms with E-state index in [1.165, 1.54) is 0 Å². The summed E-state index contributed by atoms with van der Waals surface area (Å²) < 4.78 is 10.2. The van der Waals surface area contributed by atoms with Crippen LogP contribution in [0.1, 0.15) is 18.6 Å². The first-order valence-corrected chi connectivity index (χ1v) is 6.59. The molecule has 5 nitrogen and oxygen atoms in total. The summed E-state index contributed by atoms with van der Waals surface area (Å²) in [7, 11) is 1.63. The molecule has 2 N–H and O–H groups in total. The maximum Gasteiger partial charge on any atom is 0.226 e. The van der Waals surface area contributed by atoms with E-state index in [0.717, 1.165) is 22.8 Å². The van der Waals surface area contributed by atoms with Crippen molar-refractivity contribution in [2.24, 2.45) is 0 Å². The maximum absolute atomic E-state index is 5.90. The van der Waals surface area contributed by atoms with Crippen LogP contribution in [0.4, 0.5) is 5.69 Å². The molecule has 0 fully saturated rings. The van der Waals surface area contributed by atoms with Crippen molar-refractivity contribution >= 4 is 17.4 Å². The Morgan fingerprint density at radius 1 is 1.44 bits per heavy atom. The summed E-state index contributed by atoms with van der Waals surface area (Å²) in [5.41, 5.74) is 6.62. The van der Waals surface area contributed by atoms with Crippen LogP contribution in [0.25, 0.3) is 0 Å². The van der Waals surface area contributed by atoms with Crippen LogP contribution in [0.3, 0.4) is 0 Å². The number of hydrogen-bond acceptors (Lipinski definition) is 6. The Bertz CT molecular complexity index is 528. The van der Waals surface area contributed by atoms with Gasteiger partial charge in [0.25, 0.3) is 0 Å². The quantitative estimate of drug-likeness (QED) is 0.661. The Kier molecular flexibility index (Phi) is 4.09. The highest BCUT2D eigenvalue weighted by Crippen LogP contribution is 2.30. The van der Waals surface area contributed by atoms with E-state index >= 15 is 0 Å². The molecule has 1 heterocycles. The number of aromatic nitrogens is 2. The molecule has 0 amide bonds. The van der Waals surface area contributed by atoms with Crippen LogP contribution in [-0.2, 0) is 12.2 Å². The number of benzene rings is 1. The maximum atomic E-state index is 5.90. The Labute approximate surface area is 110 Å². The number of anilines is 1. The number of thioether (sulfide) groups is 1. The minimum atomic E-state index is 0.626. The van der Waals surface area contributed by atoms with Gasteiger partial charge in [-0.1, -0.05) is 12.1 Å². The fourth-order valence-electron chi connectivity index (χ4n) is 1.40. The van der Waals surface area contributed by atoms with E-state index in [0.29, 0.717) is 17.5 Å². The van der Waals surface area contributed by atoms with Gasteiger partial charge in [0, 0.05) is 17.0 Å². The van der Waals surface area contributed by atoms with Crippen LogP contribution in [0, 0.1) is 0 Å². The molecule has 0 aliphatic heterocycles. The molecule has 6 heteroatoms. The van der Waals surface area contributed by atoms with Gasteiger partial charge in [-0.2, -0.15) is 4.98 Å². The van der Waals surface area contributed by atoms with Crippen LogP contribution in [0.15, 0.2) is 27.6 Å². The first-order chi connectivity index (χ1) is 8.72. The van der Waals surface area contributed by atoms with Crippen LogP contribution in [-0.4, -0.2) is 17.3 Å². The van der Waals surface area contributed by atoms with Gasteiger partial charge >= 0.3 is 0 Å². The summed E-state index contributed by atoms with van der Waals surface area (Å²) in [5, 5.41) is 3.90. The number of aryl methyl sites for hydroxylation is 1. The minimum absolute atomic E-state index is 0.626. The molecule has 2 rings (SSSR count). The fraction of sp³-hybridized carbons (Fsp3) is 0.333. The summed E-state index contributed by atoms with van der Waals surface area (Å²) in [4.78, 5) is 5.20. The molecule has 0 radical (unpaired) electrons. The smallest absolute Gasteiger partial charge is 0.226 e. The van der Waals surface area contributed by atoms with E-state index in [1.54, 1.807) is 18.9 Å². The zero-order valence-electron chi connectivity index (χ0n) is 10.3. The molecule has 0 atom stereocenters. The van der Waals surface area contributed by atoms with Gasteiger partial charge in [-0.3, -0.25) is 0 Å². The lowest BCUT2D eigenvalue weighted by molar-refractivity contribution is 0.378. The topological polar surface area (TPSA) is 74.2 Å².